The van der Waals surface area contributed by atoms with Gasteiger partial charge in [0.2, 0.25) is 0 Å². The molecule has 0 bridgehead atoms. The summed E-state index contributed by atoms with van der Waals surface area (Å²) in [7, 11) is 0. The molecule has 0 spiro atoms. The first-order valence-electron chi connectivity index (χ1n) is 5.23. The van der Waals surface area contributed by atoms with Crippen molar-refractivity contribution in [2.45, 2.75) is 51.9 Å². The predicted molar refractivity (Wildman–Crippen MR) is 53.5 cm³/mol. The molecule has 0 saturated heterocycles. The van der Waals surface area contributed by atoms with Gasteiger partial charge in [0.15, 0.2) is 0 Å². The summed E-state index contributed by atoms with van der Waals surface area (Å²) >= 11 is 0. The molecule has 0 amide bonds. The third-order valence-electron chi connectivity index (χ3n) is 2.69. The maximum atomic E-state index is 7.76. The van der Waals surface area contributed by atoms with Crippen LogP contribution in [0.5, 0.6) is 0 Å². The van der Waals surface area contributed by atoms with E-state index in [9.17, 15) is 0 Å². The molecule has 0 aliphatic heterocycles. The molecule has 1 saturated carbocycles. The van der Waals surface area contributed by atoms with Crippen LogP contribution in [0.3, 0.4) is 0 Å². The van der Waals surface area contributed by atoms with E-state index in [1.54, 1.807) is 0 Å². The minimum absolute atomic E-state index is 0.631. The Bertz CT molecular complexity index is 136. The van der Waals surface area contributed by atoms with Gasteiger partial charge in [-0.1, -0.05) is 26.2 Å². The maximum Gasteiger partial charge on any atom is 0.0120 e. The molecule has 0 aromatic carbocycles. The number of nitrogens with one attached hydrogen (secondary N) is 1. The molecule has 69 valence electrons. The van der Waals surface area contributed by atoms with Crippen molar-refractivity contribution < 1.29 is 0 Å². The fraction of sp³-hybridized carbons (Fsp3) is 0.818. The standard InChI is InChI=1S/C11H20N/c1-2-3-4-5-9-11(12)10-7-6-8-10/h6,10,12H,2-5,7-9H2,1H3. The van der Waals surface area contributed by atoms with Crippen LogP contribution in [-0.4, -0.2) is 5.71 Å². The molecule has 1 aliphatic rings. The van der Waals surface area contributed by atoms with E-state index in [-0.39, 0.29) is 0 Å². The molecule has 1 aliphatic carbocycles. The molecule has 0 atom stereocenters. The predicted octanol–water partition coefficient (Wildman–Crippen LogP) is 3.59. The average Bonchev–Trinajstić information content (AvgIpc) is 1.95. The SMILES string of the molecule is CCCCCCC(=N)C1C[CH]C1. The largest absolute Gasteiger partial charge is 0.309 e. The van der Waals surface area contributed by atoms with Gasteiger partial charge in [-0.15, -0.1) is 0 Å². The molecule has 1 radical (unpaired) electrons. The topological polar surface area (TPSA) is 23.9 Å². The van der Waals surface area contributed by atoms with Gasteiger partial charge in [-0.2, -0.15) is 0 Å². The number of hydrogen-bond acceptors (Lipinski definition) is 1. The van der Waals surface area contributed by atoms with Crippen molar-refractivity contribution >= 4 is 5.71 Å². The van der Waals surface area contributed by atoms with Crippen LogP contribution < -0.4 is 0 Å². The third kappa shape index (κ3) is 2.96. The first-order chi connectivity index (χ1) is 5.84. The van der Waals surface area contributed by atoms with Crippen molar-refractivity contribution in [2.24, 2.45) is 5.92 Å². The molecular formula is C11H20N. The quantitative estimate of drug-likeness (QED) is 0.460. The lowest BCUT2D eigenvalue weighted by molar-refractivity contribution is 0.520. The van der Waals surface area contributed by atoms with E-state index in [1.807, 2.05) is 0 Å². The highest BCUT2D eigenvalue weighted by atomic mass is 14.5. The van der Waals surface area contributed by atoms with Crippen molar-refractivity contribution in [1.29, 1.82) is 5.41 Å². The normalized spacial score (nSPS) is 17.4. The van der Waals surface area contributed by atoms with Crippen molar-refractivity contribution in [3.8, 4) is 0 Å². The average molecular weight is 166 g/mol. The summed E-state index contributed by atoms with van der Waals surface area (Å²) in [6.07, 6.45) is 10.9. The Morgan fingerprint density at radius 1 is 1.33 bits per heavy atom. The van der Waals surface area contributed by atoms with Crippen LogP contribution in [0.1, 0.15) is 51.9 Å². The zero-order valence-corrected chi connectivity index (χ0v) is 8.10. The minimum atomic E-state index is 0.631. The second-order valence-corrected chi connectivity index (χ2v) is 3.79. The van der Waals surface area contributed by atoms with Gasteiger partial charge < -0.3 is 5.41 Å². The fourth-order valence-corrected chi connectivity index (χ4v) is 1.56. The lowest BCUT2D eigenvalue weighted by Crippen LogP contribution is -2.21. The Balaban J connectivity index is 1.94. The van der Waals surface area contributed by atoms with E-state index < -0.39 is 0 Å². The van der Waals surface area contributed by atoms with E-state index >= 15 is 0 Å². The molecular weight excluding hydrogens is 146 g/mol. The van der Waals surface area contributed by atoms with Gasteiger partial charge in [0, 0.05) is 5.71 Å². The van der Waals surface area contributed by atoms with Gasteiger partial charge in [-0.05, 0) is 38.0 Å². The van der Waals surface area contributed by atoms with Gasteiger partial charge >= 0.3 is 0 Å². The van der Waals surface area contributed by atoms with Crippen LogP contribution in [0.15, 0.2) is 0 Å². The van der Waals surface area contributed by atoms with Crippen LogP contribution in [0, 0.1) is 17.7 Å². The summed E-state index contributed by atoms with van der Waals surface area (Å²) < 4.78 is 0. The zero-order chi connectivity index (χ0) is 8.81. The highest BCUT2D eigenvalue weighted by molar-refractivity contribution is 5.84. The monoisotopic (exact) mass is 166 g/mol. The Kier molecular flexibility index (Phi) is 4.34. The fourth-order valence-electron chi connectivity index (χ4n) is 1.56. The van der Waals surface area contributed by atoms with E-state index in [0.29, 0.717) is 5.92 Å². The van der Waals surface area contributed by atoms with Gasteiger partial charge in [-0.25, -0.2) is 0 Å². The molecule has 0 heterocycles. The van der Waals surface area contributed by atoms with Crippen LogP contribution in [0.2, 0.25) is 0 Å². The first-order valence-corrected chi connectivity index (χ1v) is 5.23. The molecule has 1 nitrogen and oxygen atoms in total. The van der Waals surface area contributed by atoms with Crippen LogP contribution in [0.25, 0.3) is 0 Å². The Hall–Kier alpha value is -0.330. The summed E-state index contributed by atoms with van der Waals surface area (Å²) in [5.74, 6) is 0.631. The van der Waals surface area contributed by atoms with Crippen LogP contribution in [0.4, 0.5) is 0 Å². The van der Waals surface area contributed by atoms with Crippen molar-refractivity contribution in [2.75, 3.05) is 0 Å². The highest BCUT2D eigenvalue weighted by Crippen LogP contribution is 2.27. The summed E-state index contributed by atoms with van der Waals surface area (Å²) in [5.41, 5.74) is 1.01. The third-order valence-corrected chi connectivity index (χ3v) is 2.69. The number of hydrogen-bond donors (Lipinski definition) is 1. The van der Waals surface area contributed by atoms with Gasteiger partial charge in [0.1, 0.15) is 0 Å². The molecule has 1 N–H and O–H groups in total. The molecule has 1 rings (SSSR count). The summed E-state index contributed by atoms with van der Waals surface area (Å²) in [6.45, 7) is 2.23. The van der Waals surface area contributed by atoms with Crippen molar-refractivity contribution in [1.82, 2.24) is 0 Å². The molecule has 1 fully saturated rings. The zero-order valence-electron chi connectivity index (χ0n) is 8.10. The molecule has 12 heavy (non-hydrogen) atoms. The maximum absolute atomic E-state index is 7.76. The van der Waals surface area contributed by atoms with E-state index in [0.717, 1.165) is 12.1 Å². The Labute approximate surface area is 76.1 Å². The van der Waals surface area contributed by atoms with Gasteiger partial charge in [-0.3, -0.25) is 0 Å². The molecule has 0 aromatic rings. The minimum Gasteiger partial charge on any atom is -0.309 e. The Morgan fingerprint density at radius 2 is 2.08 bits per heavy atom. The van der Waals surface area contributed by atoms with E-state index in [2.05, 4.69) is 13.3 Å². The van der Waals surface area contributed by atoms with Crippen molar-refractivity contribution in [3.05, 3.63) is 6.42 Å². The van der Waals surface area contributed by atoms with E-state index in [4.69, 9.17) is 5.41 Å². The van der Waals surface area contributed by atoms with Crippen LogP contribution in [-0.2, 0) is 0 Å². The van der Waals surface area contributed by atoms with Gasteiger partial charge in [0.05, 0.1) is 0 Å². The lowest BCUT2D eigenvalue weighted by Gasteiger charge is -2.25. The summed E-state index contributed by atoms with van der Waals surface area (Å²) in [6, 6.07) is 0. The lowest BCUT2D eigenvalue weighted by atomic mass is 9.80. The van der Waals surface area contributed by atoms with Crippen molar-refractivity contribution in [3.63, 3.8) is 0 Å². The molecule has 0 aromatic heterocycles. The van der Waals surface area contributed by atoms with E-state index in [1.165, 1.54) is 38.5 Å². The number of unbranched alkanes of at least 4 members (excludes halogenated alkanes) is 3. The van der Waals surface area contributed by atoms with Crippen LogP contribution >= 0.6 is 0 Å². The summed E-state index contributed by atoms with van der Waals surface area (Å²) in [5, 5.41) is 7.76. The molecule has 1 heteroatoms. The second-order valence-electron chi connectivity index (χ2n) is 3.79. The Morgan fingerprint density at radius 3 is 2.58 bits per heavy atom. The van der Waals surface area contributed by atoms with Gasteiger partial charge in [0.25, 0.3) is 0 Å². The smallest absolute Gasteiger partial charge is 0.0120 e. The number of rotatable bonds is 6. The summed E-state index contributed by atoms with van der Waals surface area (Å²) in [4.78, 5) is 0. The first kappa shape index (κ1) is 9.76. The second kappa shape index (κ2) is 5.34. The molecule has 0 unspecified atom stereocenters. The highest BCUT2D eigenvalue weighted by Gasteiger charge is 2.21.